The molecule has 1 atom stereocenters. The quantitative estimate of drug-likeness (QED) is 0.280. The van der Waals surface area contributed by atoms with Gasteiger partial charge in [-0.1, -0.05) is 31.2 Å². The third-order valence-corrected chi connectivity index (χ3v) is 11.4. The van der Waals surface area contributed by atoms with E-state index >= 15 is 0 Å². The average Bonchev–Trinajstić information content (AvgIpc) is 3.66. The number of nitrogens with one attached hydrogen (secondary N) is 1. The van der Waals surface area contributed by atoms with Crippen LogP contribution in [0.5, 0.6) is 5.75 Å². The van der Waals surface area contributed by atoms with Gasteiger partial charge in [0.25, 0.3) is 5.91 Å². The summed E-state index contributed by atoms with van der Waals surface area (Å²) < 4.78 is 34.0. The number of benzene rings is 2. The van der Waals surface area contributed by atoms with Crippen LogP contribution in [0, 0.1) is 0 Å². The summed E-state index contributed by atoms with van der Waals surface area (Å²) in [6, 6.07) is 15.9. The molecule has 2 aromatic carbocycles. The molecule has 0 aliphatic carbocycles. The van der Waals surface area contributed by atoms with Gasteiger partial charge in [0, 0.05) is 62.1 Å². The van der Waals surface area contributed by atoms with Crippen molar-refractivity contribution in [1.82, 2.24) is 14.5 Å². The number of sulfonamides is 1. The molecule has 1 saturated heterocycles. The molecule has 0 bridgehead atoms. The van der Waals surface area contributed by atoms with Crippen molar-refractivity contribution in [3.8, 4) is 5.75 Å². The van der Waals surface area contributed by atoms with Crippen LogP contribution < -0.4 is 14.4 Å². The van der Waals surface area contributed by atoms with Gasteiger partial charge in [-0.15, -0.1) is 11.3 Å². The fraction of sp³-hybridized carbons (Fsp3) is 0.469. The van der Waals surface area contributed by atoms with E-state index in [9.17, 15) is 13.2 Å². The van der Waals surface area contributed by atoms with Crippen LogP contribution in [-0.4, -0.2) is 70.0 Å². The van der Waals surface area contributed by atoms with Gasteiger partial charge >= 0.3 is 0 Å². The fourth-order valence-electron chi connectivity index (χ4n) is 6.14. The first-order valence-electron chi connectivity index (χ1n) is 14.8. The summed E-state index contributed by atoms with van der Waals surface area (Å²) in [6.45, 7) is 11.3. The molecule has 0 spiro atoms. The van der Waals surface area contributed by atoms with Crippen LogP contribution in [0.25, 0.3) is 0 Å². The Morgan fingerprint density at radius 1 is 1.05 bits per heavy atom. The number of fused-ring (bicyclic) bond motifs is 1. The Hall–Kier alpha value is -2.92. The number of piperazine rings is 1. The molecule has 0 unspecified atom stereocenters. The molecular weight excluding hydrogens is 569 g/mol. The first-order chi connectivity index (χ1) is 20.2. The van der Waals surface area contributed by atoms with E-state index < -0.39 is 10.0 Å². The van der Waals surface area contributed by atoms with Gasteiger partial charge in [-0.2, -0.15) is 0 Å². The molecule has 2 aliphatic rings. The number of ether oxygens (including phenoxy) is 1. The number of carbonyl (C=O) groups excluding carboxylic acids is 1. The molecule has 1 amide bonds. The number of carbonyl (C=O) groups is 1. The van der Waals surface area contributed by atoms with Crippen molar-refractivity contribution >= 4 is 33.0 Å². The average molecular weight is 611 g/mol. The smallest absolute Gasteiger partial charge is 0.255 e. The van der Waals surface area contributed by atoms with Crippen molar-refractivity contribution in [3.05, 3.63) is 76.2 Å². The van der Waals surface area contributed by atoms with E-state index in [1.165, 1.54) is 11.3 Å². The molecule has 226 valence electrons. The lowest BCUT2D eigenvalue weighted by molar-refractivity contribution is 0.0689. The molecule has 1 aromatic heterocycles. The van der Waals surface area contributed by atoms with E-state index in [0.717, 1.165) is 66.3 Å². The Morgan fingerprint density at radius 2 is 1.83 bits per heavy atom. The number of anilines is 1. The van der Waals surface area contributed by atoms with E-state index in [2.05, 4.69) is 47.4 Å². The highest BCUT2D eigenvalue weighted by atomic mass is 32.2. The number of hydrogen-bond donors (Lipinski definition) is 1. The summed E-state index contributed by atoms with van der Waals surface area (Å²) in [6.07, 6.45) is 2.03. The lowest BCUT2D eigenvalue weighted by Crippen LogP contribution is -2.49. The number of nitrogens with zero attached hydrogens (tertiary/aromatic N) is 3. The van der Waals surface area contributed by atoms with Crippen molar-refractivity contribution in [2.24, 2.45) is 0 Å². The molecule has 3 heterocycles. The van der Waals surface area contributed by atoms with Gasteiger partial charge in [0.2, 0.25) is 10.0 Å². The van der Waals surface area contributed by atoms with Gasteiger partial charge in [0.05, 0.1) is 13.2 Å². The van der Waals surface area contributed by atoms with Crippen molar-refractivity contribution in [1.29, 1.82) is 0 Å². The second-order valence-corrected chi connectivity index (χ2v) is 14.2. The van der Waals surface area contributed by atoms with E-state index in [0.29, 0.717) is 36.2 Å². The van der Waals surface area contributed by atoms with E-state index in [-0.39, 0.29) is 11.9 Å². The van der Waals surface area contributed by atoms with Crippen LogP contribution in [0.3, 0.4) is 0 Å². The molecule has 8 nitrogen and oxygen atoms in total. The molecule has 3 aromatic rings. The van der Waals surface area contributed by atoms with Gasteiger partial charge in [-0.05, 0) is 73.9 Å². The standard InChI is InChI=1S/C32H42N4O4S2/c1-5-24-21-25(13-14-30(24)40-4)28(11-7-15-33-42(38,39)31-12-8-20-41-31)36-22-27-26(32(36)37)9-6-10-29(27)35-18-16-34(17-19-35)23(2)3/h6,8-10,12-14,20-21,23,28,33H,5,7,11,15-19,22H2,1-4H3/t28-/m1/s1. The lowest BCUT2D eigenvalue weighted by Gasteiger charge is -2.38. The van der Waals surface area contributed by atoms with E-state index in [1.54, 1.807) is 24.6 Å². The Kier molecular flexibility index (Phi) is 9.57. The second kappa shape index (κ2) is 13.2. The van der Waals surface area contributed by atoms with E-state index in [4.69, 9.17) is 4.74 Å². The minimum Gasteiger partial charge on any atom is -0.496 e. The number of aryl methyl sites for hydroxylation is 1. The first-order valence-corrected chi connectivity index (χ1v) is 17.2. The lowest BCUT2D eigenvalue weighted by atomic mass is 9.97. The van der Waals surface area contributed by atoms with E-state index in [1.807, 2.05) is 29.2 Å². The number of rotatable bonds is 12. The normalized spacial score (nSPS) is 16.7. The largest absolute Gasteiger partial charge is 0.496 e. The summed E-state index contributed by atoms with van der Waals surface area (Å²) in [4.78, 5) is 20.9. The molecule has 1 N–H and O–H groups in total. The third-order valence-electron chi connectivity index (χ3n) is 8.51. The van der Waals surface area contributed by atoms with Crippen LogP contribution in [0.15, 0.2) is 58.1 Å². The van der Waals surface area contributed by atoms with Gasteiger partial charge in [-0.25, -0.2) is 13.1 Å². The Morgan fingerprint density at radius 3 is 2.50 bits per heavy atom. The highest BCUT2D eigenvalue weighted by molar-refractivity contribution is 7.91. The highest BCUT2D eigenvalue weighted by Gasteiger charge is 2.36. The number of hydrogen-bond acceptors (Lipinski definition) is 7. The molecule has 2 aliphatic heterocycles. The topological polar surface area (TPSA) is 82.2 Å². The number of methoxy groups -OCH3 is 1. The maximum absolute atomic E-state index is 14.0. The van der Waals surface area contributed by atoms with Crippen LogP contribution in [0.2, 0.25) is 0 Å². The van der Waals surface area contributed by atoms with Gasteiger partial charge < -0.3 is 14.5 Å². The van der Waals surface area contributed by atoms with Crippen molar-refractivity contribution in [2.75, 3.05) is 44.7 Å². The zero-order chi connectivity index (χ0) is 29.9. The van der Waals surface area contributed by atoms with Crippen molar-refractivity contribution in [2.45, 2.75) is 62.9 Å². The van der Waals surface area contributed by atoms with Crippen LogP contribution >= 0.6 is 11.3 Å². The SMILES string of the molecule is CCc1cc([C@@H](CCCNS(=O)(=O)c2cccs2)N2Cc3c(cccc3N3CCN(C(C)C)CC3)C2=O)ccc1OC. The summed E-state index contributed by atoms with van der Waals surface area (Å²) in [7, 11) is -1.86. The van der Waals surface area contributed by atoms with Crippen LogP contribution in [-0.2, 0) is 23.0 Å². The Balaban J connectivity index is 1.38. The van der Waals surface area contributed by atoms with Crippen molar-refractivity contribution in [3.63, 3.8) is 0 Å². The zero-order valence-corrected chi connectivity index (χ0v) is 26.6. The van der Waals surface area contributed by atoms with Gasteiger partial charge in [-0.3, -0.25) is 9.69 Å². The molecule has 1 fully saturated rings. The molecule has 10 heteroatoms. The molecule has 42 heavy (non-hydrogen) atoms. The second-order valence-electron chi connectivity index (χ2n) is 11.3. The minimum absolute atomic E-state index is 0.0331. The van der Waals surface area contributed by atoms with Crippen LogP contribution in [0.1, 0.15) is 66.7 Å². The number of thiophene rings is 1. The fourth-order valence-corrected chi connectivity index (χ4v) is 8.25. The summed E-state index contributed by atoms with van der Waals surface area (Å²) in [5.41, 5.74) is 5.14. The summed E-state index contributed by atoms with van der Waals surface area (Å²) in [5.74, 6) is 0.869. The zero-order valence-electron chi connectivity index (χ0n) is 25.0. The van der Waals surface area contributed by atoms with Gasteiger partial charge in [0.1, 0.15) is 9.96 Å². The highest BCUT2D eigenvalue weighted by Crippen LogP contribution is 2.39. The predicted octanol–water partition coefficient (Wildman–Crippen LogP) is 5.31. The minimum atomic E-state index is -3.54. The maximum Gasteiger partial charge on any atom is 0.255 e. The summed E-state index contributed by atoms with van der Waals surface area (Å²) >= 11 is 1.20. The third kappa shape index (κ3) is 6.37. The maximum atomic E-state index is 14.0. The van der Waals surface area contributed by atoms with Crippen molar-refractivity contribution < 1.29 is 17.9 Å². The van der Waals surface area contributed by atoms with Crippen LogP contribution in [0.4, 0.5) is 5.69 Å². The van der Waals surface area contributed by atoms with Gasteiger partial charge in [0.15, 0.2) is 0 Å². The Labute approximate surface area is 254 Å². The monoisotopic (exact) mass is 610 g/mol. The predicted molar refractivity (Wildman–Crippen MR) is 169 cm³/mol. The molecule has 5 rings (SSSR count). The Bertz CT molecular complexity index is 1480. The summed E-state index contributed by atoms with van der Waals surface area (Å²) in [5, 5.41) is 1.76. The molecule has 0 saturated carbocycles. The molecular formula is C32H42N4O4S2. The first kappa shape index (κ1) is 30.5. The number of amides is 1. The molecule has 0 radical (unpaired) electrons.